The average molecular weight is 415 g/mol. The maximum Gasteiger partial charge on any atom is 0.210 e. The second-order valence-corrected chi connectivity index (χ2v) is 8.89. The smallest absolute Gasteiger partial charge is 0.210 e. The lowest BCUT2D eigenvalue weighted by molar-refractivity contribution is -0.344. The first-order valence-electron chi connectivity index (χ1n) is 12.2. The van der Waals surface area contributed by atoms with Crippen molar-refractivity contribution in [2.75, 3.05) is 0 Å². The molecule has 0 radical (unpaired) electrons. The summed E-state index contributed by atoms with van der Waals surface area (Å²) in [6, 6.07) is 17.4. The Morgan fingerprint density at radius 1 is 0.710 bits per heavy atom. The zero-order valence-corrected chi connectivity index (χ0v) is 19.7. The Kier molecular flexibility index (Phi) is 8.82. The van der Waals surface area contributed by atoms with Gasteiger partial charge in [-0.15, -0.1) is 0 Å². The molecule has 1 heterocycles. The largest absolute Gasteiger partial charge is 0.493 e. The molecule has 164 valence electrons. The van der Waals surface area contributed by atoms with Crippen molar-refractivity contribution in [1.82, 2.24) is 0 Å². The predicted molar refractivity (Wildman–Crippen MR) is 133 cm³/mol. The highest BCUT2D eigenvalue weighted by atomic mass is 15.2. The number of aryl methyl sites for hydroxylation is 2. The first-order valence-corrected chi connectivity index (χ1v) is 12.2. The molecule has 3 rings (SSSR count). The van der Waals surface area contributed by atoms with Gasteiger partial charge in [-0.25, -0.2) is 4.70 Å². The van der Waals surface area contributed by atoms with Gasteiger partial charge in [0.15, 0.2) is 0 Å². The van der Waals surface area contributed by atoms with Crippen LogP contribution in [0.25, 0.3) is 16.9 Å². The monoisotopic (exact) mass is 414 g/mol. The van der Waals surface area contributed by atoms with E-state index < -0.39 is 0 Å². The van der Waals surface area contributed by atoms with Gasteiger partial charge in [0.25, 0.3) is 0 Å². The van der Waals surface area contributed by atoms with E-state index in [1.165, 1.54) is 67.2 Å². The molecule has 2 nitrogen and oxygen atoms in total. The number of benzene rings is 2. The lowest BCUT2D eigenvalue weighted by Gasteiger charge is -2.11. The summed E-state index contributed by atoms with van der Waals surface area (Å²) in [7, 11) is 0. The van der Waals surface area contributed by atoms with Crippen LogP contribution < -0.4 is 0 Å². The van der Waals surface area contributed by atoms with Gasteiger partial charge >= 0.3 is 0 Å². The lowest BCUT2D eigenvalue weighted by Crippen LogP contribution is -2.02. The highest BCUT2D eigenvalue weighted by Gasteiger charge is 2.26. The first-order chi connectivity index (χ1) is 15.1. The minimum Gasteiger partial charge on any atom is -0.493 e. The molecule has 2 aromatic rings. The molecule has 0 fully saturated rings. The number of allylic oxidation sites excluding steroid dienone is 2. The van der Waals surface area contributed by atoms with Crippen LogP contribution in [-0.2, 0) is 12.8 Å². The Labute approximate surface area is 189 Å². The summed E-state index contributed by atoms with van der Waals surface area (Å²) in [5.74, 6) is 0. The maximum atomic E-state index is 11.0. The molecule has 0 atom stereocenters. The fraction of sp³-hybridized carbons (Fsp3) is 0.448. The fourth-order valence-electron chi connectivity index (χ4n) is 4.40. The van der Waals surface area contributed by atoms with Gasteiger partial charge in [-0.05, 0) is 68.0 Å². The molecule has 0 N–H and O–H groups in total. The highest BCUT2D eigenvalue weighted by molar-refractivity contribution is 5.78. The standard InChI is InChI=1S/C29H38N2/c1-4-6-8-10-13-24-17-19-26(20-18-24)29-23(3)21-28(31(29)30)27-16-12-15-25(22-27)14-11-9-7-5-2/h12,15-22H,4-11,13-14H2,1-3H3. The zero-order valence-electron chi connectivity index (χ0n) is 19.7. The van der Waals surface area contributed by atoms with Crippen LogP contribution in [0.2, 0.25) is 0 Å². The van der Waals surface area contributed by atoms with Crippen LogP contribution in [0.3, 0.4) is 0 Å². The van der Waals surface area contributed by atoms with Gasteiger partial charge in [-0.3, -0.25) is 0 Å². The van der Waals surface area contributed by atoms with Gasteiger partial charge in [-0.2, -0.15) is 0 Å². The summed E-state index contributed by atoms with van der Waals surface area (Å²) in [6.07, 6.45) is 14.6. The lowest BCUT2D eigenvalue weighted by atomic mass is 10.0. The van der Waals surface area contributed by atoms with Gasteiger partial charge in [0.2, 0.25) is 11.4 Å². The molecular formula is C29H38N2. The molecule has 0 saturated heterocycles. The van der Waals surface area contributed by atoms with Crippen molar-refractivity contribution in [2.24, 2.45) is 0 Å². The molecule has 2 aromatic carbocycles. The van der Waals surface area contributed by atoms with Crippen LogP contribution in [0, 0.1) is 0 Å². The molecule has 0 saturated carbocycles. The molecule has 0 bridgehead atoms. The third-order valence-corrected chi connectivity index (χ3v) is 6.25. The van der Waals surface area contributed by atoms with Gasteiger partial charge < -0.3 is 5.53 Å². The van der Waals surface area contributed by atoms with Crippen LogP contribution >= 0.6 is 0 Å². The molecule has 0 unspecified atom stereocenters. The fourth-order valence-corrected chi connectivity index (χ4v) is 4.40. The molecule has 0 spiro atoms. The molecule has 31 heavy (non-hydrogen) atoms. The van der Waals surface area contributed by atoms with Gasteiger partial charge in [0, 0.05) is 22.8 Å². The minimum atomic E-state index is 0.867. The first kappa shape index (κ1) is 23.2. The summed E-state index contributed by atoms with van der Waals surface area (Å²) < 4.78 is 1.38. The number of unbranched alkanes of at least 4 members (excludes halogenated alkanes) is 6. The summed E-state index contributed by atoms with van der Waals surface area (Å²) in [5.41, 5.74) is 18.8. The van der Waals surface area contributed by atoms with Crippen LogP contribution in [0.1, 0.15) is 94.4 Å². The van der Waals surface area contributed by atoms with E-state index in [4.69, 9.17) is 0 Å². The van der Waals surface area contributed by atoms with Crippen molar-refractivity contribution in [1.29, 1.82) is 0 Å². The summed E-state index contributed by atoms with van der Waals surface area (Å²) >= 11 is 0. The Morgan fingerprint density at radius 2 is 1.35 bits per heavy atom. The van der Waals surface area contributed by atoms with Gasteiger partial charge in [0.05, 0.1) is 0 Å². The van der Waals surface area contributed by atoms with Gasteiger partial charge in [-0.1, -0.05) is 76.6 Å². The third-order valence-electron chi connectivity index (χ3n) is 6.25. The summed E-state index contributed by atoms with van der Waals surface area (Å²) in [6.45, 7) is 6.58. The topological polar surface area (TPSA) is 25.3 Å². The molecular weight excluding hydrogens is 376 g/mol. The minimum absolute atomic E-state index is 0.867. The van der Waals surface area contributed by atoms with Crippen LogP contribution in [-0.4, -0.2) is 4.70 Å². The van der Waals surface area contributed by atoms with E-state index in [1.807, 2.05) is 0 Å². The maximum absolute atomic E-state index is 11.0. The molecule has 0 aromatic heterocycles. The van der Waals surface area contributed by atoms with E-state index in [1.54, 1.807) is 0 Å². The average Bonchev–Trinajstić information content (AvgIpc) is 3.09. The Balaban J connectivity index is 1.66. The second-order valence-electron chi connectivity index (χ2n) is 8.89. The van der Waals surface area contributed by atoms with Crippen molar-refractivity contribution in [2.45, 2.75) is 85.0 Å². The van der Waals surface area contributed by atoms with E-state index in [0.717, 1.165) is 40.9 Å². The van der Waals surface area contributed by atoms with Gasteiger partial charge in [0.1, 0.15) is 0 Å². The van der Waals surface area contributed by atoms with E-state index in [-0.39, 0.29) is 0 Å². The van der Waals surface area contributed by atoms with E-state index >= 15 is 0 Å². The Hall–Kier alpha value is -2.48. The number of hydrogen-bond acceptors (Lipinski definition) is 0. The van der Waals surface area contributed by atoms with Crippen molar-refractivity contribution in [3.63, 3.8) is 0 Å². The quantitative estimate of drug-likeness (QED) is 0.245. The summed E-state index contributed by atoms with van der Waals surface area (Å²) in [4.78, 5) is 0. The second kappa shape index (κ2) is 11.8. The molecule has 2 heteroatoms. The normalized spacial score (nSPS) is 13.8. The van der Waals surface area contributed by atoms with Crippen molar-refractivity contribution in [3.05, 3.63) is 88.0 Å². The van der Waals surface area contributed by atoms with Crippen molar-refractivity contribution >= 4 is 11.4 Å². The number of hydrogen-bond donors (Lipinski definition) is 0. The predicted octanol–water partition coefficient (Wildman–Crippen LogP) is 8.75. The van der Waals surface area contributed by atoms with E-state index in [0.29, 0.717) is 0 Å². The molecule has 1 aliphatic rings. The Morgan fingerprint density at radius 3 is 2.00 bits per heavy atom. The van der Waals surface area contributed by atoms with Crippen molar-refractivity contribution in [3.8, 4) is 0 Å². The van der Waals surface area contributed by atoms with Crippen LogP contribution in [0.4, 0.5) is 0 Å². The van der Waals surface area contributed by atoms with Crippen molar-refractivity contribution < 1.29 is 4.70 Å². The van der Waals surface area contributed by atoms with Crippen LogP contribution in [0.15, 0.2) is 60.2 Å². The Bertz CT molecular complexity index is 931. The molecule has 1 aliphatic heterocycles. The van der Waals surface area contributed by atoms with Crippen LogP contribution in [0.5, 0.6) is 0 Å². The highest BCUT2D eigenvalue weighted by Crippen LogP contribution is 2.35. The van der Waals surface area contributed by atoms with E-state index in [9.17, 15) is 5.53 Å². The van der Waals surface area contributed by atoms with E-state index in [2.05, 4.69) is 75.4 Å². The number of rotatable bonds is 12. The third kappa shape index (κ3) is 6.26. The zero-order chi connectivity index (χ0) is 22.1. The number of nitrogens with zero attached hydrogens (tertiary/aromatic N) is 2. The summed E-state index contributed by atoms with van der Waals surface area (Å²) in [5, 5.41) is 0. The SMILES string of the molecule is CCCCCCc1ccc(C2=C(C)C=C(c3cccc(CCCCCC)c3)[N+]2=[N-])cc1. The molecule has 0 aliphatic carbocycles. The molecule has 0 amide bonds.